The minimum absolute atomic E-state index is 0.00997. The van der Waals surface area contributed by atoms with Gasteiger partial charge in [-0.05, 0) is 56.3 Å². The second-order valence-corrected chi connectivity index (χ2v) is 9.83. The third-order valence-electron chi connectivity index (χ3n) is 6.41. The van der Waals surface area contributed by atoms with E-state index >= 15 is 0 Å². The Bertz CT molecular complexity index is 1310. The lowest BCUT2D eigenvalue weighted by atomic mass is 10.1. The molecule has 1 aliphatic rings. The van der Waals surface area contributed by atoms with Gasteiger partial charge in [-0.1, -0.05) is 23.8 Å². The van der Waals surface area contributed by atoms with Crippen LogP contribution >= 0.6 is 11.3 Å². The number of nitrogens with zero attached hydrogens (tertiary/aromatic N) is 3. The largest absolute Gasteiger partial charge is 0.495 e. The summed E-state index contributed by atoms with van der Waals surface area (Å²) < 4.78 is 5.51. The number of anilines is 1. The van der Waals surface area contributed by atoms with Gasteiger partial charge in [-0.2, -0.15) is 0 Å². The molecule has 1 fully saturated rings. The molecule has 176 valence electrons. The summed E-state index contributed by atoms with van der Waals surface area (Å²) in [7, 11) is 1.72. The molecule has 0 radical (unpaired) electrons. The minimum atomic E-state index is -0.00997. The van der Waals surface area contributed by atoms with Gasteiger partial charge in [0.2, 0.25) is 0 Å². The van der Waals surface area contributed by atoms with Crippen molar-refractivity contribution in [3.05, 3.63) is 65.0 Å². The minimum Gasteiger partial charge on any atom is -0.495 e. The van der Waals surface area contributed by atoms with Gasteiger partial charge in [0.1, 0.15) is 10.6 Å². The summed E-state index contributed by atoms with van der Waals surface area (Å²) in [6.45, 7) is 7.73. The summed E-state index contributed by atoms with van der Waals surface area (Å²) in [4.78, 5) is 23.9. The van der Waals surface area contributed by atoms with Crippen LogP contribution in [0.2, 0.25) is 0 Å². The first-order chi connectivity index (χ1) is 16.6. The molecule has 0 spiro atoms. The number of hydrogen-bond acceptors (Lipinski definition) is 6. The molecule has 7 heteroatoms. The van der Waals surface area contributed by atoms with Crippen LogP contribution in [0.1, 0.15) is 21.7 Å². The molecule has 0 bridgehead atoms. The summed E-state index contributed by atoms with van der Waals surface area (Å²) in [6.07, 6.45) is 0.937. The number of para-hydroxylation sites is 2. The standard InChI is InChI=1S/C27H30N4O2S/c1-19-8-9-22-20(16-19)17-21-18-25(34-27(21)29-22)26(32)28-10-5-11-30-12-14-31(15-13-30)23-6-3-4-7-24(23)33-2/h3-4,6-9,16-18H,5,10-15H2,1-2H3,(H,28,32). The van der Waals surface area contributed by atoms with Crippen molar-refractivity contribution >= 4 is 44.1 Å². The zero-order chi connectivity index (χ0) is 23.5. The van der Waals surface area contributed by atoms with Crippen LogP contribution in [-0.2, 0) is 0 Å². The molecule has 2 aromatic heterocycles. The first-order valence-electron chi connectivity index (χ1n) is 11.8. The van der Waals surface area contributed by atoms with Crippen LogP contribution in [0.5, 0.6) is 5.75 Å². The monoisotopic (exact) mass is 474 g/mol. The summed E-state index contributed by atoms with van der Waals surface area (Å²) in [5.41, 5.74) is 3.35. The number of piperazine rings is 1. The maximum Gasteiger partial charge on any atom is 0.261 e. The second kappa shape index (κ2) is 9.99. The van der Waals surface area contributed by atoms with Crippen molar-refractivity contribution in [2.24, 2.45) is 0 Å². The lowest BCUT2D eigenvalue weighted by molar-refractivity contribution is 0.0955. The summed E-state index contributed by atoms with van der Waals surface area (Å²) in [5, 5.41) is 5.23. The van der Waals surface area contributed by atoms with Crippen LogP contribution in [0.25, 0.3) is 21.1 Å². The number of amides is 1. The van der Waals surface area contributed by atoms with Crippen molar-refractivity contribution in [2.75, 3.05) is 51.3 Å². The molecular weight excluding hydrogens is 444 g/mol. The van der Waals surface area contributed by atoms with Gasteiger partial charge < -0.3 is 15.0 Å². The molecule has 1 amide bonds. The van der Waals surface area contributed by atoms with Crippen LogP contribution in [0.15, 0.2) is 54.6 Å². The van der Waals surface area contributed by atoms with Gasteiger partial charge in [0.05, 0.1) is 23.2 Å². The van der Waals surface area contributed by atoms with E-state index in [1.807, 2.05) is 24.3 Å². The zero-order valence-corrected chi connectivity index (χ0v) is 20.5. The molecule has 2 aromatic carbocycles. The Morgan fingerprint density at radius 2 is 1.88 bits per heavy atom. The first kappa shape index (κ1) is 22.6. The van der Waals surface area contributed by atoms with Gasteiger partial charge in [0.25, 0.3) is 5.91 Å². The maximum atomic E-state index is 12.7. The van der Waals surface area contributed by atoms with E-state index < -0.39 is 0 Å². The molecule has 0 saturated carbocycles. The van der Waals surface area contributed by atoms with Crippen molar-refractivity contribution < 1.29 is 9.53 Å². The maximum absolute atomic E-state index is 12.7. The Hall–Kier alpha value is -3.16. The Morgan fingerprint density at radius 3 is 2.71 bits per heavy atom. The van der Waals surface area contributed by atoms with Crippen LogP contribution in [0, 0.1) is 6.92 Å². The fourth-order valence-electron chi connectivity index (χ4n) is 4.56. The average molecular weight is 475 g/mol. The van der Waals surface area contributed by atoms with Crippen LogP contribution < -0.4 is 15.0 Å². The Morgan fingerprint density at radius 1 is 1.06 bits per heavy atom. The topological polar surface area (TPSA) is 57.7 Å². The van der Waals surface area contributed by atoms with E-state index in [1.54, 1.807) is 7.11 Å². The fraction of sp³-hybridized carbons (Fsp3) is 0.333. The van der Waals surface area contributed by atoms with E-state index in [-0.39, 0.29) is 5.91 Å². The summed E-state index contributed by atoms with van der Waals surface area (Å²) in [6, 6.07) is 18.5. The number of aromatic nitrogens is 1. The highest BCUT2D eigenvalue weighted by molar-refractivity contribution is 7.20. The number of benzene rings is 2. The van der Waals surface area contributed by atoms with Crippen molar-refractivity contribution in [1.82, 2.24) is 15.2 Å². The molecule has 1 N–H and O–H groups in total. The molecule has 3 heterocycles. The van der Waals surface area contributed by atoms with E-state index in [1.165, 1.54) is 16.9 Å². The predicted octanol–water partition coefficient (Wildman–Crippen LogP) is 4.71. The highest BCUT2D eigenvalue weighted by atomic mass is 32.1. The zero-order valence-electron chi connectivity index (χ0n) is 19.7. The quantitative estimate of drug-likeness (QED) is 0.393. The highest BCUT2D eigenvalue weighted by Gasteiger charge is 2.19. The number of aryl methyl sites for hydroxylation is 1. The molecule has 0 unspecified atom stereocenters. The molecule has 1 saturated heterocycles. The molecule has 34 heavy (non-hydrogen) atoms. The van der Waals surface area contributed by atoms with Crippen LogP contribution in [-0.4, -0.2) is 62.2 Å². The number of carbonyl (C=O) groups is 1. The van der Waals surface area contributed by atoms with Crippen LogP contribution in [0.4, 0.5) is 5.69 Å². The molecule has 0 aliphatic carbocycles. The molecular formula is C27H30N4O2S. The van der Waals surface area contributed by atoms with Crippen molar-refractivity contribution in [2.45, 2.75) is 13.3 Å². The van der Waals surface area contributed by atoms with Gasteiger partial charge in [0, 0.05) is 43.5 Å². The number of thiophene rings is 1. The first-order valence-corrected chi connectivity index (χ1v) is 12.6. The van der Waals surface area contributed by atoms with E-state index in [2.05, 4.69) is 52.4 Å². The van der Waals surface area contributed by atoms with E-state index in [4.69, 9.17) is 9.72 Å². The number of methoxy groups -OCH3 is 1. The van der Waals surface area contributed by atoms with E-state index in [0.717, 1.165) is 76.6 Å². The molecule has 0 atom stereocenters. The summed E-state index contributed by atoms with van der Waals surface area (Å²) >= 11 is 1.46. The van der Waals surface area contributed by atoms with Gasteiger partial charge in [0.15, 0.2) is 0 Å². The Balaban J connectivity index is 1.10. The molecule has 4 aromatic rings. The number of carbonyl (C=O) groups excluding carboxylic acids is 1. The Kier molecular flexibility index (Phi) is 6.65. The lowest BCUT2D eigenvalue weighted by Crippen LogP contribution is -2.47. The van der Waals surface area contributed by atoms with Gasteiger partial charge in [-0.25, -0.2) is 4.98 Å². The van der Waals surface area contributed by atoms with E-state index in [0.29, 0.717) is 6.54 Å². The SMILES string of the molecule is COc1ccccc1N1CCN(CCCNC(=O)c2cc3cc4cc(C)ccc4nc3s2)CC1. The molecule has 6 nitrogen and oxygen atoms in total. The van der Waals surface area contributed by atoms with Gasteiger partial charge in [-0.15, -0.1) is 11.3 Å². The average Bonchev–Trinajstić information content (AvgIpc) is 3.28. The number of pyridine rings is 1. The predicted molar refractivity (Wildman–Crippen MR) is 140 cm³/mol. The smallest absolute Gasteiger partial charge is 0.261 e. The number of nitrogens with one attached hydrogen (secondary N) is 1. The Labute approximate surface area is 204 Å². The van der Waals surface area contributed by atoms with Gasteiger partial charge in [-0.3, -0.25) is 9.69 Å². The fourth-order valence-corrected chi connectivity index (χ4v) is 5.50. The number of ether oxygens (including phenoxy) is 1. The number of fused-ring (bicyclic) bond motifs is 2. The van der Waals surface area contributed by atoms with E-state index in [9.17, 15) is 4.79 Å². The normalized spacial score (nSPS) is 14.6. The second-order valence-electron chi connectivity index (χ2n) is 8.80. The lowest BCUT2D eigenvalue weighted by Gasteiger charge is -2.36. The van der Waals surface area contributed by atoms with Crippen molar-refractivity contribution in [3.63, 3.8) is 0 Å². The third kappa shape index (κ3) is 4.86. The number of rotatable bonds is 7. The van der Waals surface area contributed by atoms with Crippen LogP contribution in [0.3, 0.4) is 0 Å². The molecule has 5 rings (SSSR count). The summed E-state index contributed by atoms with van der Waals surface area (Å²) in [5.74, 6) is 0.919. The third-order valence-corrected chi connectivity index (χ3v) is 7.46. The van der Waals surface area contributed by atoms with Crippen molar-refractivity contribution in [1.29, 1.82) is 0 Å². The highest BCUT2D eigenvalue weighted by Crippen LogP contribution is 2.29. The van der Waals surface area contributed by atoms with Gasteiger partial charge >= 0.3 is 0 Å². The number of hydrogen-bond donors (Lipinski definition) is 1. The molecule has 1 aliphatic heterocycles. The van der Waals surface area contributed by atoms with Crippen molar-refractivity contribution in [3.8, 4) is 5.75 Å².